The van der Waals surface area contributed by atoms with E-state index in [1.807, 2.05) is 53.1 Å². The first-order chi connectivity index (χ1) is 12.7. The van der Waals surface area contributed by atoms with Crippen molar-refractivity contribution in [2.75, 3.05) is 0 Å². The van der Waals surface area contributed by atoms with Gasteiger partial charge in [-0.2, -0.15) is 0 Å². The highest BCUT2D eigenvalue weighted by atomic mass is 35.5. The van der Waals surface area contributed by atoms with Crippen molar-refractivity contribution >= 4 is 23.4 Å². The molecule has 0 aliphatic rings. The molecule has 130 valence electrons. The number of aryl methyl sites for hydroxylation is 1. The van der Waals surface area contributed by atoms with E-state index in [1.54, 1.807) is 24.4 Å². The van der Waals surface area contributed by atoms with Crippen molar-refractivity contribution < 1.29 is 4.42 Å². The number of oxazole rings is 1. The molecule has 4 rings (SSSR count). The van der Waals surface area contributed by atoms with E-state index in [-0.39, 0.29) is 0 Å². The van der Waals surface area contributed by atoms with Gasteiger partial charge in [0.25, 0.3) is 0 Å². The Labute approximate surface area is 160 Å². The zero-order valence-corrected chi connectivity index (χ0v) is 15.5. The molecule has 0 aliphatic heterocycles. The Bertz CT molecular complexity index is 1030. The Morgan fingerprint density at radius 3 is 2.81 bits per heavy atom. The molecule has 2 aromatic carbocycles. The molecule has 0 amide bonds. The van der Waals surface area contributed by atoms with Crippen LogP contribution in [-0.2, 0) is 5.75 Å². The first kappa shape index (κ1) is 16.9. The van der Waals surface area contributed by atoms with E-state index in [4.69, 9.17) is 16.0 Å². The zero-order valence-electron chi connectivity index (χ0n) is 14.0. The minimum absolute atomic E-state index is 0.622. The van der Waals surface area contributed by atoms with Crippen LogP contribution in [0.4, 0.5) is 0 Å². The van der Waals surface area contributed by atoms with E-state index < -0.39 is 0 Å². The van der Waals surface area contributed by atoms with Gasteiger partial charge >= 0.3 is 0 Å². The van der Waals surface area contributed by atoms with Gasteiger partial charge in [-0.1, -0.05) is 47.1 Å². The summed E-state index contributed by atoms with van der Waals surface area (Å²) in [5.41, 5.74) is 3.95. The standard InChI is InChI=1S/C19H15ClN4OS/c1-13-5-7-14(8-6-13)18-22-16(10-25-18)11-26-19-23-21-12-24(19)17-4-2-3-15(20)9-17/h2-10,12H,11H2,1H3. The molecule has 26 heavy (non-hydrogen) atoms. The molecule has 0 spiro atoms. The molecule has 4 aromatic rings. The summed E-state index contributed by atoms with van der Waals surface area (Å²) >= 11 is 7.62. The first-order valence-corrected chi connectivity index (χ1v) is 9.35. The Kier molecular flexibility index (Phi) is 4.77. The van der Waals surface area contributed by atoms with E-state index >= 15 is 0 Å². The number of benzene rings is 2. The van der Waals surface area contributed by atoms with Crippen molar-refractivity contribution in [3.05, 3.63) is 77.4 Å². The molecule has 5 nitrogen and oxygen atoms in total. The lowest BCUT2D eigenvalue weighted by molar-refractivity contribution is 0.573. The van der Waals surface area contributed by atoms with Crippen LogP contribution in [0.3, 0.4) is 0 Å². The van der Waals surface area contributed by atoms with E-state index in [9.17, 15) is 0 Å². The molecule has 0 atom stereocenters. The molecule has 0 bridgehead atoms. The second-order valence-electron chi connectivity index (χ2n) is 5.76. The average molecular weight is 383 g/mol. The summed E-state index contributed by atoms with van der Waals surface area (Å²) < 4.78 is 7.51. The van der Waals surface area contributed by atoms with Crippen LogP contribution in [0.2, 0.25) is 5.02 Å². The fourth-order valence-corrected chi connectivity index (χ4v) is 3.46. The summed E-state index contributed by atoms with van der Waals surface area (Å²) in [5.74, 6) is 1.26. The minimum atomic E-state index is 0.622. The van der Waals surface area contributed by atoms with Crippen molar-refractivity contribution in [1.82, 2.24) is 19.7 Å². The van der Waals surface area contributed by atoms with Gasteiger partial charge in [-0.05, 0) is 37.3 Å². The van der Waals surface area contributed by atoms with Crippen LogP contribution in [0, 0.1) is 6.92 Å². The van der Waals surface area contributed by atoms with Crippen molar-refractivity contribution in [3.8, 4) is 17.1 Å². The van der Waals surface area contributed by atoms with Gasteiger partial charge in [-0.3, -0.25) is 4.57 Å². The Morgan fingerprint density at radius 1 is 1.15 bits per heavy atom. The predicted molar refractivity (Wildman–Crippen MR) is 103 cm³/mol. The number of rotatable bonds is 5. The average Bonchev–Trinajstić information content (AvgIpc) is 3.30. The monoisotopic (exact) mass is 382 g/mol. The number of halogens is 1. The summed E-state index contributed by atoms with van der Waals surface area (Å²) in [5, 5.41) is 9.64. The summed E-state index contributed by atoms with van der Waals surface area (Å²) in [6, 6.07) is 15.7. The van der Waals surface area contributed by atoms with Crippen molar-refractivity contribution in [2.45, 2.75) is 17.8 Å². The molecular weight excluding hydrogens is 368 g/mol. The molecule has 2 aromatic heterocycles. The third-order valence-electron chi connectivity index (χ3n) is 3.80. The quantitative estimate of drug-likeness (QED) is 0.445. The Balaban J connectivity index is 1.49. The van der Waals surface area contributed by atoms with Crippen LogP contribution in [-0.4, -0.2) is 19.7 Å². The van der Waals surface area contributed by atoms with E-state index in [0.717, 1.165) is 22.1 Å². The second-order valence-corrected chi connectivity index (χ2v) is 7.14. The summed E-state index contributed by atoms with van der Waals surface area (Å²) in [6.45, 7) is 2.05. The van der Waals surface area contributed by atoms with Gasteiger partial charge < -0.3 is 4.42 Å². The number of hydrogen-bond acceptors (Lipinski definition) is 5. The van der Waals surface area contributed by atoms with Gasteiger partial charge in [0.05, 0.1) is 11.4 Å². The summed E-state index contributed by atoms with van der Waals surface area (Å²) in [7, 11) is 0. The van der Waals surface area contributed by atoms with Gasteiger partial charge in [0.1, 0.15) is 12.6 Å². The van der Waals surface area contributed by atoms with Gasteiger partial charge in [-0.25, -0.2) is 4.98 Å². The maximum atomic E-state index is 6.07. The van der Waals surface area contributed by atoms with Gasteiger partial charge in [0.2, 0.25) is 5.89 Å². The molecule has 0 N–H and O–H groups in total. The molecule has 0 saturated heterocycles. The van der Waals surface area contributed by atoms with Gasteiger partial charge in [0, 0.05) is 16.3 Å². The highest BCUT2D eigenvalue weighted by Crippen LogP contribution is 2.26. The van der Waals surface area contributed by atoms with Crippen molar-refractivity contribution in [1.29, 1.82) is 0 Å². The van der Waals surface area contributed by atoms with Gasteiger partial charge in [0.15, 0.2) is 5.16 Å². The molecule has 0 fully saturated rings. The topological polar surface area (TPSA) is 56.7 Å². The minimum Gasteiger partial charge on any atom is -0.444 e. The van der Waals surface area contributed by atoms with Crippen LogP contribution in [0.1, 0.15) is 11.3 Å². The lowest BCUT2D eigenvalue weighted by Crippen LogP contribution is -1.95. The second kappa shape index (κ2) is 7.35. The zero-order chi connectivity index (χ0) is 17.9. The number of aromatic nitrogens is 4. The lowest BCUT2D eigenvalue weighted by Gasteiger charge is -2.05. The largest absolute Gasteiger partial charge is 0.444 e. The first-order valence-electron chi connectivity index (χ1n) is 7.99. The maximum absolute atomic E-state index is 6.07. The molecule has 0 unspecified atom stereocenters. The summed E-state index contributed by atoms with van der Waals surface area (Å²) in [6.07, 6.45) is 3.36. The van der Waals surface area contributed by atoms with E-state index in [1.165, 1.54) is 5.56 Å². The molecule has 7 heteroatoms. The predicted octanol–water partition coefficient (Wildman–Crippen LogP) is 5.18. The molecule has 2 heterocycles. The molecular formula is C19H15ClN4OS. The molecule has 0 aliphatic carbocycles. The van der Waals surface area contributed by atoms with Crippen LogP contribution >= 0.6 is 23.4 Å². The number of hydrogen-bond donors (Lipinski definition) is 0. The SMILES string of the molecule is Cc1ccc(-c2nc(CSc3nncn3-c3cccc(Cl)c3)co2)cc1. The third-order valence-corrected chi connectivity index (χ3v) is 5.01. The van der Waals surface area contributed by atoms with Crippen molar-refractivity contribution in [3.63, 3.8) is 0 Å². The normalized spacial score (nSPS) is 11.0. The van der Waals surface area contributed by atoms with E-state index in [0.29, 0.717) is 16.7 Å². The Hall–Kier alpha value is -2.57. The smallest absolute Gasteiger partial charge is 0.226 e. The number of nitrogens with zero attached hydrogens (tertiary/aromatic N) is 4. The van der Waals surface area contributed by atoms with Crippen LogP contribution in [0.15, 0.2) is 70.7 Å². The molecule has 0 saturated carbocycles. The number of thioether (sulfide) groups is 1. The Morgan fingerprint density at radius 2 is 2.00 bits per heavy atom. The highest BCUT2D eigenvalue weighted by molar-refractivity contribution is 7.98. The maximum Gasteiger partial charge on any atom is 0.226 e. The van der Waals surface area contributed by atoms with Crippen LogP contribution in [0.5, 0.6) is 0 Å². The van der Waals surface area contributed by atoms with Crippen LogP contribution < -0.4 is 0 Å². The highest BCUT2D eigenvalue weighted by Gasteiger charge is 2.11. The fourth-order valence-electron chi connectivity index (χ4n) is 2.47. The van der Waals surface area contributed by atoms with Crippen molar-refractivity contribution in [2.24, 2.45) is 0 Å². The fraction of sp³-hybridized carbons (Fsp3) is 0.105. The molecule has 0 radical (unpaired) electrons. The van der Waals surface area contributed by atoms with E-state index in [2.05, 4.69) is 22.1 Å². The third kappa shape index (κ3) is 3.66. The van der Waals surface area contributed by atoms with Crippen LogP contribution in [0.25, 0.3) is 17.1 Å². The lowest BCUT2D eigenvalue weighted by atomic mass is 10.1. The summed E-state index contributed by atoms with van der Waals surface area (Å²) in [4.78, 5) is 4.56. The van der Waals surface area contributed by atoms with Gasteiger partial charge in [-0.15, -0.1) is 10.2 Å².